The summed E-state index contributed by atoms with van der Waals surface area (Å²) in [6.45, 7) is 0. The molecule has 2 aliphatic rings. The van der Waals surface area contributed by atoms with Gasteiger partial charge in [-0.15, -0.1) is 0 Å². The SMILES string of the molecule is [3H]C([3H])([3H])OC(=O)[C@H]1[C@@H](c2ccc(I)cc2)C[C@@H]2CC[C@H]1N2C. The standard InChI is InChI=1S/C16H20INO2/c1-18-12-7-8-14(18)15(16(19)20-2)13(9-12)10-3-5-11(17)6-4-10/h3-6,12-15H,7-9H2,1-2H3/t12-,13+,14+,15-/m0/s1/i2T3. The second-order valence-corrected chi connectivity index (χ2v) is 7.05. The molecule has 0 aromatic heterocycles. The number of rotatable bonds is 2. The summed E-state index contributed by atoms with van der Waals surface area (Å²) in [4.78, 5) is 14.8. The van der Waals surface area contributed by atoms with Gasteiger partial charge in [0, 0.05) is 21.6 Å². The summed E-state index contributed by atoms with van der Waals surface area (Å²) in [5, 5.41) is 0. The van der Waals surface area contributed by atoms with E-state index in [4.69, 9.17) is 8.85 Å². The summed E-state index contributed by atoms with van der Waals surface area (Å²) in [5.41, 5.74) is 1.10. The lowest BCUT2D eigenvalue weighted by Crippen LogP contribution is -2.49. The fourth-order valence-corrected chi connectivity index (χ4v) is 4.27. The van der Waals surface area contributed by atoms with Crippen molar-refractivity contribution in [2.45, 2.75) is 37.3 Å². The van der Waals surface area contributed by atoms with Crippen LogP contribution >= 0.6 is 22.6 Å². The summed E-state index contributed by atoms with van der Waals surface area (Å²) in [5.74, 6) is -0.986. The van der Waals surface area contributed by atoms with E-state index in [1.807, 2.05) is 31.3 Å². The highest BCUT2D eigenvalue weighted by atomic mass is 127. The highest BCUT2D eigenvalue weighted by Gasteiger charge is 2.49. The molecule has 2 heterocycles. The Hall–Kier alpha value is -0.620. The molecule has 2 bridgehead atoms. The first-order chi connectivity index (χ1) is 10.8. The van der Waals surface area contributed by atoms with E-state index in [1.165, 1.54) is 0 Å². The molecule has 0 spiro atoms. The number of carbonyl (C=O) groups is 1. The molecule has 3 nitrogen and oxygen atoms in total. The van der Waals surface area contributed by atoms with E-state index in [2.05, 4.69) is 27.5 Å². The number of hydrogen-bond acceptors (Lipinski definition) is 3. The molecule has 1 aromatic rings. The van der Waals surface area contributed by atoms with E-state index in [-0.39, 0.29) is 12.0 Å². The molecule has 1 aromatic carbocycles. The third kappa shape index (κ3) is 2.37. The van der Waals surface area contributed by atoms with Crippen LogP contribution in [-0.4, -0.2) is 37.0 Å². The average Bonchev–Trinajstić information content (AvgIpc) is 2.70. The van der Waals surface area contributed by atoms with Crippen molar-refractivity contribution in [1.29, 1.82) is 0 Å². The Balaban J connectivity index is 1.92. The Morgan fingerprint density at radius 1 is 1.40 bits per heavy atom. The molecule has 0 unspecified atom stereocenters. The van der Waals surface area contributed by atoms with E-state index in [9.17, 15) is 4.79 Å². The van der Waals surface area contributed by atoms with E-state index >= 15 is 0 Å². The van der Waals surface area contributed by atoms with Gasteiger partial charge < -0.3 is 4.74 Å². The lowest BCUT2D eigenvalue weighted by Gasteiger charge is -2.41. The normalized spacial score (nSPS) is 36.0. The van der Waals surface area contributed by atoms with Crippen LogP contribution in [0.4, 0.5) is 0 Å². The fraction of sp³-hybridized carbons (Fsp3) is 0.562. The molecular weight excluding hydrogens is 365 g/mol. The van der Waals surface area contributed by atoms with Gasteiger partial charge in [-0.1, -0.05) is 12.1 Å². The number of piperidine rings is 1. The second-order valence-electron chi connectivity index (χ2n) is 5.80. The van der Waals surface area contributed by atoms with Crippen LogP contribution in [0.5, 0.6) is 0 Å². The number of nitrogens with zero attached hydrogens (tertiary/aromatic N) is 1. The van der Waals surface area contributed by atoms with Crippen molar-refractivity contribution >= 4 is 28.6 Å². The van der Waals surface area contributed by atoms with E-state index in [0.29, 0.717) is 6.04 Å². The molecule has 4 heteroatoms. The Morgan fingerprint density at radius 2 is 2.15 bits per heavy atom. The molecule has 0 saturated carbocycles. The molecular formula is C16H20INO2. The topological polar surface area (TPSA) is 29.5 Å². The number of hydrogen-bond donors (Lipinski definition) is 0. The van der Waals surface area contributed by atoms with Crippen molar-refractivity contribution in [3.8, 4) is 0 Å². The smallest absolute Gasteiger partial charge is 0.310 e. The van der Waals surface area contributed by atoms with E-state index in [0.717, 1.165) is 28.4 Å². The average molecular weight is 391 g/mol. The Morgan fingerprint density at radius 3 is 2.85 bits per heavy atom. The number of fused-ring (bicyclic) bond motifs is 2. The Kier molecular flexibility index (Phi) is 3.11. The monoisotopic (exact) mass is 391 g/mol. The minimum absolute atomic E-state index is 0.0237. The van der Waals surface area contributed by atoms with E-state index in [1.54, 1.807) is 0 Å². The first-order valence-corrected chi connectivity index (χ1v) is 8.04. The van der Waals surface area contributed by atoms with Gasteiger partial charge in [-0.2, -0.15) is 0 Å². The Labute approximate surface area is 138 Å². The number of halogens is 1. The van der Waals surface area contributed by atoms with E-state index < -0.39 is 18.9 Å². The summed E-state index contributed by atoms with van der Waals surface area (Å²) in [6.07, 6.45) is 2.84. The van der Waals surface area contributed by atoms with Gasteiger partial charge in [0.05, 0.1) is 17.1 Å². The number of benzene rings is 1. The van der Waals surface area contributed by atoms with Crippen LogP contribution in [0.1, 0.15) is 34.9 Å². The lowest BCUT2D eigenvalue weighted by molar-refractivity contribution is -0.150. The molecule has 0 N–H and O–H groups in total. The highest BCUT2D eigenvalue weighted by Crippen LogP contribution is 2.46. The zero-order chi connectivity index (χ0) is 16.8. The van der Waals surface area contributed by atoms with Crippen molar-refractivity contribution in [2.75, 3.05) is 14.1 Å². The number of carbonyl (C=O) groups excluding carboxylic acids is 1. The van der Waals surface area contributed by atoms with Crippen molar-refractivity contribution in [3.63, 3.8) is 0 Å². The quantitative estimate of drug-likeness (QED) is 0.574. The molecule has 0 amide bonds. The predicted molar refractivity (Wildman–Crippen MR) is 86.6 cm³/mol. The highest BCUT2D eigenvalue weighted by molar-refractivity contribution is 14.1. The first-order valence-electron chi connectivity index (χ1n) is 8.46. The van der Waals surface area contributed by atoms with Gasteiger partial charge in [0.15, 0.2) is 0 Å². The maximum atomic E-state index is 12.6. The fourth-order valence-electron chi connectivity index (χ4n) is 3.91. The second kappa shape index (κ2) is 5.64. The molecule has 0 aliphatic carbocycles. The summed E-state index contributed by atoms with van der Waals surface area (Å²) < 4.78 is 27.6. The maximum absolute atomic E-state index is 12.6. The van der Waals surface area contributed by atoms with Gasteiger partial charge in [0.1, 0.15) is 0 Å². The van der Waals surface area contributed by atoms with Crippen LogP contribution in [0.15, 0.2) is 24.3 Å². The van der Waals surface area contributed by atoms with Gasteiger partial charge >= 0.3 is 5.97 Å². The van der Waals surface area contributed by atoms with Gasteiger partial charge in [0.2, 0.25) is 0 Å². The van der Waals surface area contributed by atoms with Crippen molar-refractivity contribution in [2.24, 2.45) is 5.92 Å². The van der Waals surface area contributed by atoms with Crippen LogP contribution in [0.25, 0.3) is 0 Å². The van der Waals surface area contributed by atoms with Gasteiger partial charge in [0.25, 0.3) is 0 Å². The van der Waals surface area contributed by atoms with Crippen molar-refractivity contribution in [3.05, 3.63) is 33.4 Å². The van der Waals surface area contributed by atoms with Crippen LogP contribution in [-0.2, 0) is 9.53 Å². The van der Waals surface area contributed by atoms with Gasteiger partial charge in [-0.3, -0.25) is 9.69 Å². The first kappa shape index (κ1) is 11.0. The van der Waals surface area contributed by atoms with Crippen molar-refractivity contribution < 1.29 is 13.6 Å². The summed E-state index contributed by atoms with van der Waals surface area (Å²) in [7, 11) is -0.649. The zero-order valence-electron chi connectivity index (χ0n) is 14.4. The van der Waals surface area contributed by atoms with Crippen molar-refractivity contribution in [1.82, 2.24) is 4.90 Å². The molecule has 108 valence electrons. The molecule has 0 radical (unpaired) electrons. The molecule has 2 saturated heterocycles. The minimum atomic E-state index is -2.68. The van der Waals surface area contributed by atoms with Gasteiger partial charge in [-0.25, -0.2) is 0 Å². The minimum Gasteiger partial charge on any atom is -0.469 e. The summed E-state index contributed by atoms with van der Waals surface area (Å²) in [6, 6.07) is 8.68. The van der Waals surface area contributed by atoms with Crippen LogP contribution in [0, 0.1) is 9.49 Å². The number of ether oxygens (including phenoxy) is 1. The maximum Gasteiger partial charge on any atom is 0.310 e. The van der Waals surface area contributed by atoms with Crippen LogP contribution in [0.3, 0.4) is 0 Å². The number of esters is 1. The van der Waals surface area contributed by atoms with Gasteiger partial charge in [-0.05, 0) is 66.6 Å². The van der Waals surface area contributed by atoms with Crippen LogP contribution in [0.2, 0.25) is 0 Å². The third-order valence-electron chi connectivity index (χ3n) is 4.94. The molecule has 2 aliphatic heterocycles. The number of methoxy groups -OCH3 is 1. The molecule has 4 atom stereocenters. The predicted octanol–water partition coefficient (Wildman–Crippen LogP) is 3.03. The zero-order valence-corrected chi connectivity index (χ0v) is 13.5. The third-order valence-corrected chi connectivity index (χ3v) is 5.66. The molecule has 2 fully saturated rings. The molecule has 20 heavy (non-hydrogen) atoms. The van der Waals surface area contributed by atoms with Crippen LogP contribution < -0.4 is 0 Å². The largest absolute Gasteiger partial charge is 0.469 e. The lowest BCUT2D eigenvalue weighted by atomic mass is 9.76. The molecule has 3 rings (SSSR count). The summed E-state index contributed by atoms with van der Waals surface area (Å²) >= 11 is 2.25. The Bertz CT molecular complexity index is 590.